The minimum atomic E-state index is 0.938. The van der Waals surface area contributed by atoms with E-state index in [4.69, 9.17) is 11.6 Å². The first kappa shape index (κ1) is 8.69. The Morgan fingerprint density at radius 2 is 2.00 bits per heavy atom. The molecule has 11 heavy (non-hydrogen) atoms. The Labute approximate surface area is 76.3 Å². The second kappa shape index (κ2) is 5.28. The van der Waals surface area contributed by atoms with E-state index in [9.17, 15) is 0 Å². The average Bonchev–Trinajstić information content (AvgIpc) is 2.07. The minimum Gasteiger partial charge on any atom is -0.122 e. The summed E-state index contributed by atoms with van der Waals surface area (Å²) < 4.78 is 0. The van der Waals surface area contributed by atoms with Crippen LogP contribution in [0.25, 0.3) is 0 Å². The summed E-state index contributed by atoms with van der Waals surface area (Å²) in [6.45, 7) is 0. The highest BCUT2D eigenvalue weighted by molar-refractivity contribution is 7.99. The minimum absolute atomic E-state index is 0.938. The van der Waals surface area contributed by atoms with Gasteiger partial charge in [-0.2, -0.15) is 0 Å². The second-order valence-corrected chi connectivity index (χ2v) is 3.33. The van der Waals surface area contributed by atoms with E-state index in [-0.39, 0.29) is 0 Å². The standard InChI is InChI=1S/C9H9ClS/c10-7-4-8-11-9-5-2-1-3-6-9/h1-7H,8H2. The van der Waals surface area contributed by atoms with Crippen LogP contribution in [0.4, 0.5) is 0 Å². The molecule has 2 heteroatoms. The molecule has 0 N–H and O–H groups in total. The Bertz CT molecular complexity index is 218. The van der Waals surface area contributed by atoms with Gasteiger partial charge in [0.25, 0.3) is 0 Å². The van der Waals surface area contributed by atoms with Crippen LogP contribution < -0.4 is 0 Å². The molecule has 0 saturated heterocycles. The van der Waals surface area contributed by atoms with Gasteiger partial charge < -0.3 is 0 Å². The van der Waals surface area contributed by atoms with Crippen LogP contribution in [0.15, 0.2) is 46.8 Å². The lowest BCUT2D eigenvalue weighted by Crippen LogP contribution is -1.70. The third-order valence-corrected chi connectivity index (χ3v) is 2.32. The van der Waals surface area contributed by atoms with Crippen molar-refractivity contribution in [3.63, 3.8) is 0 Å². The van der Waals surface area contributed by atoms with Crippen molar-refractivity contribution < 1.29 is 0 Å². The van der Waals surface area contributed by atoms with Gasteiger partial charge in [0.15, 0.2) is 0 Å². The molecule has 0 aliphatic heterocycles. The van der Waals surface area contributed by atoms with Crippen molar-refractivity contribution in [2.45, 2.75) is 4.90 Å². The van der Waals surface area contributed by atoms with Gasteiger partial charge in [-0.05, 0) is 12.1 Å². The van der Waals surface area contributed by atoms with Crippen molar-refractivity contribution in [2.75, 3.05) is 5.75 Å². The number of halogens is 1. The molecule has 0 aromatic heterocycles. The SMILES string of the molecule is ClC=CCSc1ccccc1. The topological polar surface area (TPSA) is 0 Å². The monoisotopic (exact) mass is 184 g/mol. The van der Waals surface area contributed by atoms with E-state index in [2.05, 4.69) is 12.1 Å². The van der Waals surface area contributed by atoms with Crippen LogP contribution in [0, 0.1) is 0 Å². The highest BCUT2D eigenvalue weighted by Crippen LogP contribution is 2.16. The smallest absolute Gasteiger partial charge is 0.0172 e. The lowest BCUT2D eigenvalue weighted by atomic mass is 10.4. The van der Waals surface area contributed by atoms with E-state index in [1.54, 1.807) is 17.3 Å². The molecule has 0 fully saturated rings. The third-order valence-electron chi connectivity index (χ3n) is 1.18. The fourth-order valence-electron chi connectivity index (χ4n) is 0.697. The molecular formula is C9H9ClS. The van der Waals surface area contributed by atoms with Crippen LogP contribution in [0.2, 0.25) is 0 Å². The molecule has 0 saturated carbocycles. The zero-order chi connectivity index (χ0) is 7.94. The molecule has 0 amide bonds. The van der Waals surface area contributed by atoms with E-state index in [1.807, 2.05) is 24.3 Å². The van der Waals surface area contributed by atoms with E-state index in [0.717, 1.165) is 5.75 Å². The summed E-state index contributed by atoms with van der Waals surface area (Å²) in [7, 11) is 0. The van der Waals surface area contributed by atoms with Gasteiger partial charge in [0.1, 0.15) is 0 Å². The zero-order valence-corrected chi connectivity index (χ0v) is 7.61. The number of hydrogen-bond donors (Lipinski definition) is 0. The molecule has 0 unspecified atom stereocenters. The van der Waals surface area contributed by atoms with Gasteiger partial charge in [-0.15, -0.1) is 11.8 Å². The van der Waals surface area contributed by atoms with Crippen molar-refractivity contribution >= 4 is 23.4 Å². The lowest BCUT2D eigenvalue weighted by Gasteiger charge is -1.94. The number of rotatable bonds is 3. The predicted molar refractivity (Wildman–Crippen MR) is 52.2 cm³/mol. The lowest BCUT2D eigenvalue weighted by molar-refractivity contribution is 1.46. The highest BCUT2D eigenvalue weighted by atomic mass is 35.5. The van der Waals surface area contributed by atoms with Gasteiger partial charge in [0.05, 0.1) is 0 Å². The van der Waals surface area contributed by atoms with E-state index < -0.39 is 0 Å². The molecule has 0 spiro atoms. The van der Waals surface area contributed by atoms with Crippen molar-refractivity contribution in [1.29, 1.82) is 0 Å². The fourth-order valence-corrected chi connectivity index (χ4v) is 1.63. The van der Waals surface area contributed by atoms with Gasteiger partial charge in [-0.1, -0.05) is 35.9 Å². The molecule has 0 aliphatic carbocycles. The largest absolute Gasteiger partial charge is 0.122 e. The van der Waals surface area contributed by atoms with E-state index >= 15 is 0 Å². The van der Waals surface area contributed by atoms with E-state index in [1.165, 1.54) is 4.90 Å². The Morgan fingerprint density at radius 1 is 1.27 bits per heavy atom. The van der Waals surface area contributed by atoms with Gasteiger partial charge >= 0.3 is 0 Å². The average molecular weight is 185 g/mol. The summed E-state index contributed by atoms with van der Waals surface area (Å²) in [6.07, 6.45) is 1.93. The first-order valence-electron chi connectivity index (χ1n) is 3.36. The molecule has 1 aromatic carbocycles. The van der Waals surface area contributed by atoms with Gasteiger partial charge in [0, 0.05) is 16.2 Å². The summed E-state index contributed by atoms with van der Waals surface area (Å²) in [5.41, 5.74) is 1.55. The van der Waals surface area contributed by atoms with Crippen molar-refractivity contribution in [3.8, 4) is 0 Å². The van der Waals surface area contributed by atoms with Crippen molar-refractivity contribution in [3.05, 3.63) is 41.9 Å². The third kappa shape index (κ3) is 3.49. The summed E-state index contributed by atoms with van der Waals surface area (Å²) in [5, 5.41) is 0. The molecule has 0 aliphatic rings. The Hall–Kier alpha value is -0.400. The quantitative estimate of drug-likeness (QED) is 0.648. The molecule has 0 nitrogen and oxygen atoms in total. The number of benzene rings is 1. The molecule has 0 bridgehead atoms. The highest BCUT2D eigenvalue weighted by Gasteiger charge is 1.86. The van der Waals surface area contributed by atoms with Gasteiger partial charge in [0.2, 0.25) is 0 Å². The summed E-state index contributed by atoms with van der Waals surface area (Å²) in [6, 6.07) is 10.3. The Kier molecular flexibility index (Phi) is 4.17. The summed E-state index contributed by atoms with van der Waals surface area (Å²) in [4.78, 5) is 1.28. The maximum Gasteiger partial charge on any atom is 0.0172 e. The molecule has 0 radical (unpaired) electrons. The molecule has 1 aromatic rings. The van der Waals surface area contributed by atoms with Crippen LogP contribution in [-0.4, -0.2) is 5.75 Å². The Balaban J connectivity index is 2.39. The molecular weight excluding hydrogens is 176 g/mol. The van der Waals surface area contributed by atoms with Crippen LogP contribution in [-0.2, 0) is 0 Å². The van der Waals surface area contributed by atoms with Crippen molar-refractivity contribution in [2.24, 2.45) is 0 Å². The molecule has 1 rings (SSSR count). The maximum atomic E-state index is 5.37. The van der Waals surface area contributed by atoms with Crippen LogP contribution in [0.1, 0.15) is 0 Å². The molecule has 58 valence electrons. The van der Waals surface area contributed by atoms with E-state index in [0.29, 0.717) is 0 Å². The predicted octanol–water partition coefficient (Wildman–Crippen LogP) is 3.53. The Morgan fingerprint density at radius 3 is 2.64 bits per heavy atom. The normalized spacial score (nSPS) is 10.6. The molecule has 0 atom stereocenters. The zero-order valence-electron chi connectivity index (χ0n) is 6.03. The number of thioether (sulfide) groups is 1. The van der Waals surface area contributed by atoms with Gasteiger partial charge in [-0.3, -0.25) is 0 Å². The van der Waals surface area contributed by atoms with Crippen LogP contribution in [0.3, 0.4) is 0 Å². The van der Waals surface area contributed by atoms with Gasteiger partial charge in [-0.25, -0.2) is 0 Å². The second-order valence-electron chi connectivity index (χ2n) is 1.99. The maximum absolute atomic E-state index is 5.37. The first-order valence-corrected chi connectivity index (χ1v) is 4.79. The summed E-state index contributed by atoms with van der Waals surface area (Å²) >= 11 is 7.15. The molecule has 0 heterocycles. The van der Waals surface area contributed by atoms with Crippen molar-refractivity contribution in [1.82, 2.24) is 0 Å². The summed E-state index contributed by atoms with van der Waals surface area (Å²) in [5.74, 6) is 0.938. The number of hydrogen-bond acceptors (Lipinski definition) is 1. The van der Waals surface area contributed by atoms with Crippen LogP contribution in [0.5, 0.6) is 0 Å². The first-order chi connectivity index (χ1) is 5.43. The van der Waals surface area contributed by atoms with Crippen LogP contribution >= 0.6 is 23.4 Å². The fraction of sp³-hybridized carbons (Fsp3) is 0.111.